The van der Waals surface area contributed by atoms with E-state index in [1.807, 2.05) is 60.0 Å². The van der Waals surface area contributed by atoms with E-state index in [0.717, 1.165) is 11.3 Å². The number of nitrogens with zero attached hydrogens (tertiary/aromatic N) is 5. The molecule has 3 heterocycles. The number of nitrogens with two attached hydrogens (primary N) is 1. The van der Waals surface area contributed by atoms with Gasteiger partial charge in [-0.1, -0.05) is 60.5 Å². The van der Waals surface area contributed by atoms with E-state index in [1.165, 1.54) is 12.1 Å². The number of halogens is 2. The summed E-state index contributed by atoms with van der Waals surface area (Å²) in [4.78, 5) is 28.5. The van der Waals surface area contributed by atoms with Crippen LogP contribution in [-0.2, 0) is 14.9 Å². The Kier molecular flexibility index (Phi) is 9.70. The molecule has 0 bridgehead atoms. The number of nitrogens with one attached hydrogen (secondary N) is 1. The summed E-state index contributed by atoms with van der Waals surface area (Å²) in [6.45, 7) is 3.87. The minimum atomic E-state index is -4.00. The van der Waals surface area contributed by atoms with Crippen molar-refractivity contribution >= 4 is 56.2 Å². The lowest BCUT2D eigenvalue weighted by Gasteiger charge is -2.40. The highest BCUT2D eigenvalue weighted by Gasteiger charge is 2.40. The second-order valence-corrected chi connectivity index (χ2v) is 12.6. The molecule has 234 valence electrons. The zero-order chi connectivity index (χ0) is 32.2. The van der Waals surface area contributed by atoms with E-state index in [0.29, 0.717) is 65.3 Å². The quantitative estimate of drug-likeness (QED) is 0.200. The number of primary amides is 1. The molecular formula is C31H31Cl2N7O4S. The van der Waals surface area contributed by atoms with Gasteiger partial charge in [0, 0.05) is 29.4 Å². The number of hydrogen-bond acceptors (Lipinski definition) is 8. The topological polar surface area (TPSA) is 156 Å². The number of carbonyl (C=O) groups excluding carboxylic acids is 1. The molecule has 0 aliphatic carbocycles. The highest BCUT2D eigenvalue weighted by molar-refractivity contribution is 7.85. The fourth-order valence-electron chi connectivity index (χ4n) is 5.31. The van der Waals surface area contributed by atoms with Crippen molar-refractivity contribution in [2.45, 2.75) is 30.2 Å². The molecule has 11 nitrogen and oxygen atoms in total. The average molecular weight is 669 g/mol. The minimum Gasteiger partial charge on any atom is -0.368 e. The average Bonchev–Trinajstić information content (AvgIpc) is 3.42. The lowest BCUT2D eigenvalue weighted by molar-refractivity contribution is -0.125. The van der Waals surface area contributed by atoms with Crippen LogP contribution in [0.2, 0.25) is 10.0 Å². The van der Waals surface area contributed by atoms with Crippen LogP contribution < -0.4 is 16.0 Å². The molecule has 1 aliphatic heterocycles. The third-order valence-electron chi connectivity index (χ3n) is 7.57. The summed E-state index contributed by atoms with van der Waals surface area (Å²) in [7, 11) is -4.00. The van der Waals surface area contributed by atoms with Gasteiger partial charge < -0.3 is 16.0 Å². The Morgan fingerprint density at radius 3 is 2.20 bits per heavy atom. The first kappa shape index (κ1) is 32.3. The zero-order valence-electron chi connectivity index (χ0n) is 24.3. The van der Waals surface area contributed by atoms with Gasteiger partial charge in [0.2, 0.25) is 5.91 Å². The largest absolute Gasteiger partial charge is 0.368 e. The van der Waals surface area contributed by atoms with Gasteiger partial charge in [0.1, 0.15) is 17.7 Å². The Labute approximate surface area is 270 Å². The number of benzene rings is 3. The van der Waals surface area contributed by atoms with E-state index in [4.69, 9.17) is 38.5 Å². The molecule has 5 aromatic rings. The Hall–Kier alpha value is -4.07. The number of carbonyl (C=O) groups is 1. The van der Waals surface area contributed by atoms with Gasteiger partial charge >= 0.3 is 0 Å². The van der Waals surface area contributed by atoms with Gasteiger partial charge in [-0.2, -0.15) is 8.42 Å². The summed E-state index contributed by atoms with van der Waals surface area (Å²) in [5.74, 6) is 1.05. The van der Waals surface area contributed by atoms with Crippen molar-refractivity contribution < 1.29 is 17.8 Å². The predicted octanol–water partition coefficient (Wildman–Crippen LogP) is 5.16. The Morgan fingerprint density at radius 1 is 0.978 bits per heavy atom. The van der Waals surface area contributed by atoms with Crippen molar-refractivity contribution in [3.05, 3.63) is 95.2 Å². The van der Waals surface area contributed by atoms with Crippen molar-refractivity contribution in [1.82, 2.24) is 24.8 Å². The van der Waals surface area contributed by atoms with Crippen molar-refractivity contribution in [2.75, 3.05) is 24.5 Å². The van der Waals surface area contributed by atoms with Crippen LogP contribution >= 0.6 is 23.2 Å². The summed E-state index contributed by atoms with van der Waals surface area (Å²) in [5.41, 5.74) is 8.01. The predicted molar refractivity (Wildman–Crippen MR) is 175 cm³/mol. The van der Waals surface area contributed by atoms with Crippen LogP contribution in [0.15, 0.2) is 90.1 Å². The third-order valence-corrected chi connectivity index (χ3v) is 9.02. The molecule has 3 aromatic carbocycles. The van der Waals surface area contributed by atoms with Gasteiger partial charge in [-0.3, -0.25) is 13.9 Å². The molecular weight excluding hydrogens is 637 g/mol. The summed E-state index contributed by atoms with van der Waals surface area (Å²) >= 11 is 12.7. The lowest BCUT2D eigenvalue weighted by atomic mass is 9.86. The summed E-state index contributed by atoms with van der Waals surface area (Å²) in [5, 5.41) is 4.52. The number of amides is 1. The molecule has 0 radical (unpaired) electrons. The first-order valence-corrected chi connectivity index (χ1v) is 16.3. The summed E-state index contributed by atoms with van der Waals surface area (Å²) in [6, 6.07) is 22.5. The number of aromatic nitrogens is 4. The van der Waals surface area contributed by atoms with Gasteiger partial charge in [-0.05, 0) is 67.9 Å². The van der Waals surface area contributed by atoms with Crippen LogP contribution in [0.25, 0.3) is 28.2 Å². The van der Waals surface area contributed by atoms with Crippen LogP contribution in [0.5, 0.6) is 0 Å². The SMILES string of the molecule is CCNC1(C(N)=O)CCN(c2ncnc3c2nc(-c2ccccc2Cl)n3-c2ccc(Cl)cc2)CC1.O=S(=O)(O)c1ccccc1. The number of piperidine rings is 1. The molecule has 1 amide bonds. The lowest BCUT2D eigenvalue weighted by Crippen LogP contribution is -2.61. The Balaban J connectivity index is 0.000000342. The fourth-order valence-corrected chi connectivity index (χ4v) is 6.16. The number of rotatable bonds is 7. The third kappa shape index (κ3) is 6.95. The van der Waals surface area contributed by atoms with Crippen LogP contribution in [0.4, 0.5) is 5.82 Å². The van der Waals surface area contributed by atoms with E-state index in [2.05, 4.69) is 20.2 Å². The number of fused-ring (bicyclic) bond motifs is 1. The van der Waals surface area contributed by atoms with Crippen molar-refractivity contribution in [3.8, 4) is 17.1 Å². The van der Waals surface area contributed by atoms with Crippen molar-refractivity contribution in [1.29, 1.82) is 0 Å². The van der Waals surface area contributed by atoms with Crippen LogP contribution in [0.1, 0.15) is 19.8 Å². The van der Waals surface area contributed by atoms with E-state index in [9.17, 15) is 13.2 Å². The maximum absolute atomic E-state index is 12.2. The van der Waals surface area contributed by atoms with Gasteiger partial charge in [0.05, 0.1) is 9.92 Å². The number of imidazole rings is 1. The Morgan fingerprint density at radius 2 is 1.62 bits per heavy atom. The normalized spacial score (nSPS) is 14.5. The van der Waals surface area contributed by atoms with E-state index in [1.54, 1.807) is 24.5 Å². The van der Waals surface area contributed by atoms with Crippen molar-refractivity contribution in [3.63, 3.8) is 0 Å². The monoisotopic (exact) mass is 667 g/mol. The smallest absolute Gasteiger partial charge is 0.294 e. The first-order chi connectivity index (χ1) is 21.5. The second-order valence-electron chi connectivity index (χ2n) is 10.3. The summed E-state index contributed by atoms with van der Waals surface area (Å²) < 4.78 is 31.2. The van der Waals surface area contributed by atoms with Gasteiger partial charge in [-0.15, -0.1) is 0 Å². The van der Waals surface area contributed by atoms with Crippen LogP contribution in [-0.4, -0.2) is 63.6 Å². The molecule has 0 saturated carbocycles. The van der Waals surface area contributed by atoms with Gasteiger partial charge in [-0.25, -0.2) is 15.0 Å². The fraction of sp³-hybridized carbons (Fsp3) is 0.226. The van der Waals surface area contributed by atoms with Crippen LogP contribution in [0.3, 0.4) is 0 Å². The molecule has 2 aromatic heterocycles. The molecule has 4 N–H and O–H groups in total. The highest BCUT2D eigenvalue weighted by Crippen LogP contribution is 2.36. The minimum absolute atomic E-state index is 0.0741. The zero-order valence-corrected chi connectivity index (χ0v) is 26.6. The van der Waals surface area contributed by atoms with E-state index >= 15 is 0 Å². The molecule has 0 unspecified atom stereocenters. The summed E-state index contributed by atoms with van der Waals surface area (Å²) in [6.07, 6.45) is 2.70. The van der Waals surface area contributed by atoms with Crippen molar-refractivity contribution in [2.24, 2.45) is 5.73 Å². The molecule has 45 heavy (non-hydrogen) atoms. The maximum Gasteiger partial charge on any atom is 0.294 e. The molecule has 14 heteroatoms. The highest BCUT2D eigenvalue weighted by atomic mass is 35.5. The molecule has 0 atom stereocenters. The number of anilines is 1. The second kappa shape index (κ2) is 13.5. The maximum atomic E-state index is 12.2. The van der Waals surface area contributed by atoms with Gasteiger partial charge in [0.25, 0.3) is 10.1 Å². The Bertz CT molecular complexity index is 1910. The van der Waals surface area contributed by atoms with Crippen LogP contribution in [0, 0.1) is 0 Å². The molecule has 1 fully saturated rings. The molecule has 6 rings (SSSR count). The standard InChI is InChI=1S/C25H25Cl2N7O.C6H6O3S/c1-2-31-25(24(28)35)11-13-33(14-12-25)22-20-23(30-15-29-22)34(17-9-7-16(26)8-10-17)21(32-20)18-5-3-4-6-19(18)27;7-10(8,9)6-4-2-1-3-5-6/h3-10,15,31H,2,11-14H2,1H3,(H2,28,35);1-5H,(H,7,8,9). The molecule has 0 spiro atoms. The molecule has 1 aliphatic rings. The van der Waals surface area contributed by atoms with Gasteiger partial charge in [0.15, 0.2) is 17.0 Å². The van der Waals surface area contributed by atoms with E-state index in [-0.39, 0.29) is 10.8 Å². The number of hydrogen-bond donors (Lipinski definition) is 3. The first-order valence-electron chi connectivity index (χ1n) is 14.1. The molecule has 1 saturated heterocycles. The van der Waals surface area contributed by atoms with E-state index < -0.39 is 15.7 Å². The number of likely N-dealkylation sites (N-methyl/N-ethyl adjacent to an activating group) is 1.